The van der Waals surface area contributed by atoms with Gasteiger partial charge in [-0.05, 0) is 66.9 Å². The van der Waals surface area contributed by atoms with Crippen LogP contribution >= 0.6 is 75.3 Å². The molecule has 0 unspecified atom stereocenters. The minimum Gasteiger partial charge on any atom is -0.603 e. The van der Waals surface area contributed by atoms with Crippen molar-refractivity contribution in [1.82, 2.24) is 100 Å². The van der Waals surface area contributed by atoms with Gasteiger partial charge in [-0.3, -0.25) is 30.7 Å². The number of nitrogens with two attached hydrogens (primary N) is 4. The molecule has 13 rings (SSSR count). The summed E-state index contributed by atoms with van der Waals surface area (Å²) in [5.74, 6) is 3.56. The van der Waals surface area contributed by atoms with E-state index in [0.717, 1.165) is 46.2 Å². The van der Waals surface area contributed by atoms with Crippen LogP contribution in [0.15, 0.2) is 156 Å². The van der Waals surface area contributed by atoms with Crippen LogP contribution in [0.25, 0.3) is 62.2 Å². The molecule has 0 saturated heterocycles. The first kappa shape index (κ1) is 93.5. The number of quaternary nitrogens is 1. The number of imidazole rings is 3. The number of nitrogens with one attached hydrogen (secondary N) is 6. The third-order valence-corrected chi connectivity index (χ3v) is 19.9. The topological polar surface area (TPSA) is 550 Å². The molecule has 39 nitrogen and oxygen atoms in total. The Morgan fingerprint density at radius 1 is 0.564 bits per heavy atom. The van der Waals surface area contributed by atoms with Gasteiger partial charge in [0.05, 0.1) is 73.4 Å². The van der Waals surface area contributed by atoms with E-state index >= 15 is 0 Å². The monoisotopic (exact) mass is 1740 g/mol. The van der Waals surface area contributed by atoms with E-state index in [-0.39, 0.29) is 115 Å². The maximum absolute atomic E-state index is 12.6. The van der Waals surface area contributed by atoms with E-state index in [9.17, 15) is 37.8 Å². The van der Waals surface area contributed by atoms with Crippen LogP contribution in [0.2, 0.25) is 15.5 Å². The van der Waals surface area contributed by atoms with E-state index in [2.05, 4.69) is 107 Å². The number of carbonyl (C=O) groups is 4. The minimum absolute atomic E-state index is 0. The summed E-state index contributed by atoms with van der Waals surface area (Å²) in [7, 11) is -2.76. The highest BCUT2D eigenvalue weighted by Gasteiger charge is 2.37. The molecule has 15 N–H and O–H groups in total. The lowest BCUT2D eigenvalue weighted by atomic mass is 10.0. The van der Waals surface area contributed by atoms with Gasteiger partial charge in [-0.25, -0.2) is 69.0 Å². The molecule has 0 aliphatic carbocycles. The van der Waals surface area contributed by atoms with Gasteiger partial charge >= 0.3 is 16.2 Å². The largest absolute Gasteiger partial charge is 0.603 e. The standard InChI is InChI=1S/C21H20ClN9O2.C21H18ClN9O.C19H16ClN7O2.C8H18N2O4S.C2H6N2O.3H2S/c1-11(27-20-17(19(23)25-10-26-20)21(33)29-28-12(2)32)14-8-16-24-9-15(22)31(16)30-18(14)13-6-4-3-5-7-13;1-11(27-20-17(19(23)25-10-26-20)21-29-28-12(2)32-21)14-8-16-24-9-15(22)31(16)30-18(14)13-6-4-3-5-7-13;1-10(25-18-15(19(28)29)17(21)23-9-24-18)12-7-14-22-8-13(20)27(14)26-16(12)11-5-3-2-4-6-11;1-5-10(6-2,7-3)15(12,13)9-8(11)14-4;1-2(5)4-3;;;/h3-11H,1-2H3,(H,28,32)(H,29,33)(H3,23,25,26,27);3-11H,1-2H3,(H3,23,25,26,27);2-10H,1H3,(H,28,29)(H3,21,23,24,25);5-7H2,1-4H3;3H2,1H3,(H,4,5);3*1H2/t2*11-;10-;;;;;/m000...../s1. The fourth-order valence-corrected chi connectivity index (χ4v) is 13.1. The van der Waals surface area contributed by atoms with Crippen LogP contribution in [-0.2, 0) is 24.5 Å². The predicted octanol–water partition coefficient (Wildman–Crippen LogP) is 8.43. The molecule has 3 atom stereocenters. The summed E-state index contributed by atoms with van der Waals surface area (Å²) in [6.07, 6.45) is 7.38. The van der Waals surface area contributed by atoms with Gasteiger partial charge in [0.15, 0.2) is 38.5 Å². The third kappa shape index (κ3) is 22.6. The van der Waals surface area contributed by atoms with Crippen LogP contribution in [0.3, 0.4) is 0 Å². The Morgan fingerprint density at radius 2 is 0.923 bits per heavy atom. The average Bonchev–Trinajstić information content (AvgIpc) is 1.73. The Hall–Kier alpha value is -12.4. The van der Waals surface area contributed by atoms with Crippen molar-refractivity contribution in [2.45, 2.75) is 80.4 Å². The van der Waals surface area contributed by atoms with Crippen molar-refractivity contribution in [2.75, 3.05) is 59.9 Å². The number of nitrogens with zero attached hydrogens (tertiary/aromatic N) is 19. The number of amides is 3. The fraction of sp³-hybridized carbons (Fsp3) is 0.225. The van der Waals surface area contributed by atoms with Crippen LogP contribution < -0.4 is 60.4 Å². The van der Waals surface area contributed by atoms with Crippen molar-refractivity contribution in [3.05, 3.63) is 196 Å². The number of aromatic nitrogens is 17. The fourth-order valence-electron chi connectivity index (χ4n) is 11.2. The Balaban J connectivity index is 0.000000242. The van der Waals surface area contributed by atoms with E-state index in [1.807, 2.05) is 135 Å². The molecule has 10 heterocycles. The van der Waals surface area contributed by atoms with Gasteiger partial charge < -0.3 is 52.5 Å². The summed E-state index contributed by atoms with van der Waals surface area (Å²) in [6, 6.07) is 33.7. The van der Waals surface area contributed by atoms with E-state index < -0.39 is 34.1 Å². The lowest BCUT2D eigenvalue weighted by Crippen LogP contribution is -2.51. The van der Waals surface area contributed by atoms with Crippen LogP contribution in [0.4, 0.5) is 34.9 Å². The molecule has 46 heteroatoms. The van der Waals surface area contributed by atoms with Crippen molar-refractivity contribution in [1.29, 1.82) is 0 Å². The van der Waals surface area contributed by atoms with Crippen molar-refractivity contribution < 1.29 is 50.9 Å². The van der Waals surface area contributed by atoms with Crippen LogP contribution in [0.5, 0.6) is 0 Å². The highest BCUT2D eigenvalue weighted by atomic mass is 35.5. The number of halogens is 3. The second-order valence-electron chi connectivity index (χ2n) is 24.3. The number of methoxy groups -OCH3 is 1. The van der Waals surface area contributed by atoms with Gasteiger partial charge in [0.25, 0.3) is 11.8 Å². The molecule has 117 heavy (non-hydrogen) atoms. The molecule has 3 aromatic carbocycles. The van der Waals surface area contributed by atoms with Crippen LogP contribution in [0.1, 0.15) is 117 Å². The predicted molar refractivity (Wildman–Crippen MR) is 456 cm³/mol. The number of anilines is 6. The number of nitrogen functional groups attached to an aromatic ring is 3. The number of hydrogen-bond donors (Lipinski definition) is 11. The molecular weight excluding hydrogens is 1650 g/mol. The molecule has 0 radical (unpaired) electrons. The van der Waals surface area contributed by atoms with E-state index in [4.69, 9.17) is 61.5 Å². The number of rotatable bonds is 20. The number of aromatic carboxylic acids is 1. The minimum atomic E-state index is -3.86. The SMILES string of the molecule is CC(=O)NN.CC(=O)NNC(=O)c1c(N)ncnc1N[C@@H](C)c1cc2ncc(Cl)n2nc1-c1ccccc1.CC[N+](CC)(CC)S(=O)(=O)N=C([O-])OC.C[C@H](Nc1ncnc(N)c1C(=O)O)c1cc2ncc(Cl)n2nc1-c1ccccc1.Cc1nnc(-c2c(N)ncnc2N[C@@H](C)c2cc3ncc(Cl)n3nc2-c2ccccc2)o1.S.S.S. The summed E-state index contributed by atoms with van der Waals surface area (Å²) < 4.78 is 41.0. The number of carbonyl (C=O) groups excluding carboxylic acids is 3. The molecule has 0 aliphatic rings. The molecule has 0 fully saturated rings. The van der Waals surface area contributed by atoms with Crippen molar-refractivity contribution in [3.63, 3.8) is 0 Å². The summed E-state index contributed by atoms with van der Waals surface area (Å²) >= 11 is 18.7. The number of hydrogen-bond acceptors (Lipinski definition) is 30. The van der Waals surface area contributed by atoms with Crippen LogP contribution in [0, 0.1) is 6.92 Å². The van der Waals surface area contributed by atoms with Gasteiger partial charge in [-0.15, -0.1) is 18.6 Å². The van der Waals surface area contributed by atoms with Gasteiger partial charge in [0.1, 0.15) is 70.6 Å². The maximum Gasteiger partial charge on any atom is 0.416 e. The third-order valence-electron chi connectivity index (χ3n) is 17.0. The Labute approximate surface area is 705 Å². The summed E-state index contributed by atoms with van der Waals surface area (Å²) in [5.41, 5.74) is 33.5. The highest BCUT2D eigenvalue weighted by Crippen LogP contribution is 2.37. The van der Waals surface area contributed by atoms with E-state index in [1.165, 1.54) is 45.2 Å². The van der Waals surface area contributed by atoms with Crippen molar-refractivity contribution in [2.24, 2.45) is 10.2 Å². The first-order chi connectivity index (χ1) is 54.5. The first-order valence-electron chi connectivity index (χ1n) is 34.4. The second-order valence-corrected chi connectivity index (χ2v) is 27.3. The number of aryl methyl sites for hydroxylation is 1. The highest BCUT2D eigenvalue weighted by molar-refractivity contribution is 7.84. The van der Waals surface area contributed by atoms with E-state index in [1.54, 1.807) is 47.4 Å². The quantitative estimate of drug-likeness (QED) is 0.00851. The first-order valence-corrected chi connectivity index (χ1v) is 36.9. The Kier molecular flexibility index (Phi) is 33.8. The normalized spacial score (nSPS) is 11.7. The van der Waals surface area contributed by atoms with Crippen molar-refractivity contribution in [3.8, 4) is 45.2 Å². The van der Waals surface area contributed by atoms with E-state index in [0.29, 0.717) is 80.7 Å². The zero-order chi connectivity index (χ0) is 82.7. The summed E-state index contributed by atoms with van der Waals surface area (Å²) in [6.45, 7) is 16.4. The van der Waals surface area contributed by atoms with Gasteiger partial charge in [-0.1, -0.05) is 130 Å². The zero-order valence-corrected chi connectivity index (χ0v) is 70.3. The zero-order valence-electron chi connectivity index (χ0n) is 64.2. The van der Waals surface area contributed by atoms with Crippen LogP contribution in [-0.4, -0.2) is 158 Å². The molecule has 3 amide bonds. The maximum atomic E-state index is 12.6. The summed E-state index contributed by atoms with van der Waals surface area (Å²) in [4.78, 5) is 82.2. The Morgan fingerprint density at radius 3 is 1.26 bits per heavy atom. The molecule has 0 aliphatic heterocycles. The number of carboxylic acids is 1. The molecule has 0 spiro atoms. The summed E-state index contributed by atoms with van der Waals surface area (Å²) in [5, 5.41) is 53.3. The van der Waals surface area contributed by atoms with Crippen molar-refractivity contribution >= 4 is 167 Å². The number of hydrazine groups is 2. The molecule has 0 saturated carbocycles. The average molecular weight is 1740 g/mol. The lowest BCUT2D eigenvalue weighted by Gasteiger charge is -2.31. The molecule has 13 aromatic rings. The smallest absolute Gasteiger partial charge is 0.416 e. The number of carboxylic acid groups (broad SMARTS) is 1. The molecule has 0 bridgehead atoms. The van der Waals surface area contributed by atoms with Gasteiger partial charge in [-0.2, -0.15) is 59.7 Å². The Bertz CT molecular complexity index is 5730. The lowest BCUT2D eigenvalue weighted by molar-refractivity contribution is -0.800. The number of fused-ring (bicyclic) bond motifs is 3. The second kappa shape index (κ2) is 42.3. The van der Waals surface area contributed by atoms with Gasteiger partial charge in [0, 0.05) is 54.2 Å². The number of benzene rings is 3. The molecule has 618 valence electrons. The van der Waals surface area contributed by atoms with Gasteiger partial charge in [0.2, 0.25) is 17.7 Å². The molecule has 10 aromatic heterocycles. The number of ether oxygens (including phenoxy) is 1. The molecular formula is C71H84Cl3N29O10S4.